The van der Waals surface area contributed by atoms with Crippen LogP contribution < -0.4 is 10.1 Å². The van der Waals surface area contributed by atoms with E-state index in [4.69, 9.17) is 9.84 Å². The number of methoxy groups -OCH3 is 1. The van der Waals surface area contributed by atoms with Crippen LogP contribution in [0.3, 0.4) is 0 Å². The first-order valence-electron chi connectivity index (χ1n) is 6.61. The summed E-state index contributed by atoms with van der Waals surface area (Å²) in [5.41, 5.74) is 0.932. The Morgan fingerprint density at radius 1 is 1.25 bits per heavy atom. The summed E-state index contributed by atoms with van der Waals surface area (Å²) in [7, 11) is 1.64. The fraction of sp³-hybridized carbons (Fsp3) is 0.312. The van der Waals surface area contributed by atoms with E-state index in [1.165, 1.54) is 0 Å². The van der Waals surface area contributed by atoms with E-state index in [1.54, 1.807) is 7.11 Å². The highest BCUT2D eigenvalue weighted by molar-refractivity contribution is 5.91. The Morgan fingerprint density at radius 2 is 2.00 bits per heavy atom. The van der Waals surface area contributed by atoms with E-state index in [9.17, 15) is 5.26 Å². The van der Waals surface area contributed by atoms with Gasteiger partial charge in [-0.1, -0.05) is 30.3 Å². The van der Waals surface area contributed by atoms with Crippen LogP contribution in [0.15, 0.2) is 36.4 Å². The van der Waals surface area contributed by atoms with Gasteiger partial charge in [0.05, 0.1) is 13.2 Å². The molecule has 2 aromatic carbocycles. The number of aliphatic hydroxyl groups excluding tert-OH is 1. The van der Waals surface area contributed by atoms with E-state index in [0.29, 0.717) is 13.0 Å². The molecule has 20 heavy (non-hydrogen) atoms. The minimum Gasteiger partial charge on any atom is -0.496 e. The highest BCUT2D eigenvalue weighted by Crippen LogP contribution is 2.31. The van der Waals surface area contributed by atoms with Gasteiger partial charge >= 0.3 is 0 Å². The lowest BCUT2D eigenvalue weighted by Gasteiger charge is -2.15. The molecule has 0 bridgehead atoms. The Kier molecular flexibility index (Phi) is 4.94. The first-order valence-corrected chi connectivity index (χ1v) is 6.61. The molecular weight excluding hydrogens is 252 g/mol. The number of benzene rings is 2. The highest BCUT2D eigenvalue weighted by Gasteiger charge is 2.14. The van der Waals surface area contributed by atoms with Crippen LogP contribution in [0.25, 0.3) is 10.8 Å². The molecule has 2 N–H and O–H groups in total. The quantitative estimate of drug-likeness (QED) is 0.791. The Balaban J connectivity index is 2.41. The number of hydrogen-bond acceptors (Lipinski definition) is 4. The van der Waals surface area contributed by atoms with Gasteiger partial charge in [-0.3, -0.25) is 5.32 Å². The number of ether oxygens (including phenoxy) is 1. The molecule has 0 saturated carbocycles. The zero-order valence-electron chi connectivity index (χ0n) is 11.5. The summed E-state index contributed by atoms with van der Waals surface area (Å²) in [6.45, 7) is 0.726. The molecule has 2 rings (SSSR count). The van der Waals surface area contributed by atoms with Crippen LogP contribution in [0.5, 0.6) is 5.75 Å². The van der Waals surface area contributed by atoms with E-state index in [1.807, 2.05) is 36.4 Å². The summed E-state index contributed by atoms with van der Waals surface area (Å²) >= 11 is 0. The minimum atomic E-state index is -0.391. The number of rotatable bonds is 6. The maximum atomic E-state index is 9.36. The topological polar surface area (TPSA) is 65.3 Å². The minimum absolute atomic E-state index is 0.120. The maximum Gasteiger partial charge on any atom is 0.126 e. The van der Waals surface area contributed by atoms with Gasteiger partial charge in [-0.15, -0.1) is 0 Å². The largest absolute Gasteiger partial charge is 0.496 e. The Hall–Kier alpha value is -2.09. The van der Waals surface area contributed by atoms with Gasteiger partial charge in [0.1, 0.15) is 11.8 Å². The monoisotopic (exact) mass is 270 g/mol. The van der Waals surface area contributed by atoms with E-state index >= 15 is 0 Å². The molecular formula is C16H18N2O2. The molecule has 0 radical (unpaired) electrons. The van der Waals surface area contributed by atoms with Gasteiger partial charge in [-0.05, 0) is 30.0 Å². The summed E-state index contributed by atoms with van der Waals surface area (Å²) < 4.78 is 5.36. The van der Waals surface area contributed by atoms with Crippen molar-refractivity contribution in [2.45, 2.75) is 12.5 Å². The van der Waals surface area contributed by atoms with Crippen molar-refractivity contribution >= 4 is 10.8 Å². The van der Waals surface area contributed by atoms with Crippen molar-refractivity contribution < 1.29 is 9.84 Å². The normalized spacial score (nSPS) is 12.1. The fourth-order valence-corrected chi connectivity index (χ4v) is 2.28. The van der Waals surface area contributed by atoms with Crippen LogP contribution in [0.4, 0.5) is 0 Å². The number of nitrogens with zero attached hydrogens (tertiary/aromatic N) is 1. The molecule has 4 heteroatoms. The molecule has 1 atom stereocenters. The first-order chi connectivity index (χ1) is 9.81. The van der Waals surface area contributed by atoms with Gasteiger partial charge < -0.3 is 9.84 Å². The highest BCUT2D eigenvalue weighted by atomic mass is 16.5. The molecule has 0 aliphatic carbocycles. The lowest BCUT2D eigenvalue weighted by Crippen LogP contribution is -2.22. The van der Waals surface area contributed by atoms with Crippen LogP contribution in [0.2, 0.25) is 0 Å². The van der Waals surface area contributed by atoms with Crippen LogP contribution in [0.1, 0.15) is 18.0 Å². The zero-order valence-corrected chi connectivity index (χ0v) is 11.5. The van der Waals surface area contributed by atoms with Crippen molar-refractivity contribution in [3.63, 3.8) is 0 Å². The summed E-state index contributed by atoms with van der Waals surface area (Å²) in [6.07, 6.45) is 0.631. The third-order valence-electron chi connectivity index (χ3n) is 3.26. The fourth-order valence-electron chi connectivity index (χ4n) is 2.28. The van der Waals surface area contributed by atoms with Crippen LogP contribution in [-0.2, 0) is 0 Å². The Labute approximate surface area is 118 Å². The molecule has 0 heterocycles. The number of hydrogen-bond donors (Lipinski definition) is 2. The van der Waals surface area contributed by atoms with Gasteiger partial charge in [0, 0.05) is 12.0 Å². The van der Waals surface area contributed by atoms with Gasteiger partial charge in [-0.25, -0.2) is 0 Å². The molecule has 0 aromatic heterocycles. The van der Waals surface area contributed by atoms with Crippen molar-refractivity contribution in [3.05, 3.63) is 42.0 Å². The second kappa shape index (κ2) is 6.90. The molecule has 4 nitrogen and oxygen atoms in total. The molecule has 0 spiro atoms. The third-order valence-corrected chi connectivity index (χ3v) is 3.26. The Morgan fingerprint density at radius 3 is 2.65 bits per heavy atom. The maximum absolute atomic E-state index is 9.36. The van der Waals surface area contributed by atoms with Gasteiger partial charge in [0.25, 0.3) is 0 Å². The van der Waals surface area contributed by atoms with Crippen molar-refractivity contribution in [1.82, 2.24) is 5.32 Å². The number of nitrogens with one attached hydrogen (secondary N) is 1. The summed E-state index contributed by atoms with van der Waals surface area (Å²) in [6, 6.07) is 13.6. The second-order valence-electron chi connectivity index (χ2n) is 4.50. The number of fused-ring (bicyclic) bond motifs is 1. The Bertz CT molecular complexity index is 619. The average molecular weight is 270 g/mol. The number of aliphatic hydroxyl groups is 1. The van der Waals surface area contributed by atoms with Crippen molar-refractivity contribution in [2.24, 2.45) is 0 Å². The van der Waals surface area contributed by atoms with Crippen LogP contribution >= 0.6 is 0 Å². The van der Waals surface area contributed by atoms with E-state index in [0.717, 1.165) is 22.1 Å². The molecule has 104 valence electrons. The summed E-state index contributed by atoms with van der Waals surface area (Å²) in [5.74, 6) is 0.802. The predicted octanol–water partition coefficient (Wildman–Crippen LogP) is 2.39. The van der Waals surface area contributed by atoms with Crippen molar-refractivity contribution in [3.8, 4) is 11.8 Å². The standard InChI is InChI=1S/C16H18N2O2/c1-20-16-8-7-13(12-5-2-3-6-14(12)16)15(11-17)18-9-4-10-19/h2-3,5-8,15,18-19H,4,9-10H2,1H3. The van der Waals surface area contributed by atoms with E-state index < -0.39 is 6.04 Å². The molecule has 1 unspecified atom stereocenters. The lowest BCUT2D eigenvalue weighted by atomic mass is 9.98. The molecule has 0 saturated heterocycles. The molecule has 2 aromatic rings. The lowest BCUT2D eigenvalue weighted by molar-refractivity contribution is 0.285. The molecule has 0 amide bonds. The van der Waals surface area contributed by atoms with Gasteiger partial charge in [0.2, 0.25) is 0 Å². The average Bonchev–Trinajstić information content (AvgIpc) is 2.51. The second-order valence-corrected chi connectivity index (χ2v) is 4.50. The zero-order chi connectivity index (χ0) is 14.4. The van der Waals surface area contributed by atoms with Crippen molar-refractivity contribution in [1.29, 1.82) is 5.26 Å². The number of nitriles is 1. The van der Waals surface area contributed by atoms with E-state index in [2.05, 4.69) is 11.4 Å². The molecule has 0 aliphatic rings. The van der Waals surface area contributed by atoms with Gasteiger partial charge in [0.15, 0.2) is 0 Å². The molecule has 0 aliphatic heterocycles. The van der Waals surface area contributed by atoms with E-state index in [-0.39, 0.29) is 6.61 Å². The van der Waals surface area contributed by atoms with Gasteiger partial charge in [-0.2, -0.15) is 5.26 Å². The molecule has 0 fully saturated rings. The first kappa shape index (κ1) is 14.3. The SMILES string of the molecule is COc1ccc(C(C#N)NCCCO)c2ccccc12. The predicted molar refractivity (Wildman–Crippen MR) is 78.6 cm³/mol. The summed E-state index contributed by atoms with van der Waals surface area (Å²) in [5, 5.41) is 23.3. The summed E-state index contributed by atoms with van der Waals surface area (Å²) in [4.78, 5) is 0. The third kappa shape index (κ3) is 2.90. The van der Waals surface area contributed by atoms with Crippen LogP contribution in [-0.4, -0.2) is 25.4 Å². The van der Waals surface area contributed by atoms with Crippen molar-refractivity contribution in [2.75, 3.05) is 20.3 Å². The smallest absolute Gasteiger partial charge is 0.126 e. The van der Waals surface area contributed by atoms with Crippen LogP contribution in [0, 0.1) is 11.3 Å².